The third-order valence-corrected chi connectivity index (χ3v) is 2.59. The first-order chi connectivity index (χ1) is 9.81. The Balaban J connectivity index is 2.35. The number of aromatic nitrogens is 3. The van der Waals surface area contributed by atoms with E-state index in [2.05, 4.69) is 10.1 Å². The molecule has 0 fully saturated rings. The monoisotopic (exact) mass is 296 g/mol. The summed E-state index contributed by atoms with van der Waals surface area (Å²) in [6, 6.07) is 3.58. The molecule has 0 aliphatic rings. The molecule has 2 rings (SSSR count). The van der Waals surface area contributed by atoms with Crippen LogP contribution in [0.5, 0.6) is 11.6 Å². The van der Waals surface area contributed by atoms with Crippen LogP contribution in [0.2, 0.25) is 0 Å². The van der Waals surface area contributed by atoms with Crippen LogP contribution in [0.3, 0.4) is 0 Å². The number of nitriles is 1. The topological polar surface area (TPSA) is 63.7 Å². The molecule has 0 aromatic carbocycles. The van der Waals surface area contributed by atoms with Crippen molar-refractivity contribution in [3.63, 3.8) is 0 Å². The van der Waals surface area contributed by atoms with Crippen LogP contribution in [0.4, 0.5) is 13.2 Å². The van der Waals surface area contributed by atoms with E-state index in [0.29, 0.717) is 0 Å². The van der Waals surface area contributed by atoms with Gasteiger partial charge in [0.1, 0.15) is 17.3 Å². The lowest BCUT2D eigenvalue weighted by Crippen LogP contribution is -2.09. The van der Waals surface area contributed by atoms with Crippen molar-refractivity contribution in [1.82, 2.24) is 14.8 Å². The fraction of sp³-hybridized carbons (Fsp3) is 0.308. The van der Waals surface area contributed by atoms with Gasteiger partial charge < -0.3 is 4.74 Å². The van der Waals surface area contributed by atoms with E-state index in [1.54, 1.807) is 10.8 Å². The Morgan fingerprint density at radius 2 is 2.05 bits per heavy atom. The minimum atomic E-state index is -4.60. The first-order valence-electron chi connectivity index (χ1n) is 6.01. The number of pyridine rings is 1. The smallest absolute Gasteiger partial charge is 0.433 e. The Morgan fingerprint density at radius 1 is 1.33 bits per heavy atom. The molecular formula is C13H11F3N4O. The molecule has 0 N–H and O–H groups in total. The van der Waals surface area contributed by atoms with Crippen LogP contribution in [0.15, 0.2) is 24.5 Å². The summed E-state index contributed by atoms with van der Waals surface area (Å²) < 4.78 is 44.7. The Hall–Kier alpha value is -2.56. The van der Waals surface area contributed by atoms with Gasteiger partial charge in [-0.15, -0.1) is 0 Å². The lowest BCUT2D eigenvalue weighted by molar-refractivity contribution is -0.141. The number of hydrogen-bond donors (Lipinski definition) is 0. The fourth-order valence-corrected chi connectivity index (χ4v) is 1.53. The molecular weight excluding hydrogens is 285 g/mol. The van der Waals surface area contributed by atoms with Gasteiger partial charge in [-0.1, -0.05) is 0 Å². The third kappa shape index (κ3) is 3.31. The van der Waals surface area contributed by atoms with Crippen molar-refractivity contribution in [2.24, 2.45) is 0 Å². The summed E-state index contributed by atoms with van der Waals surface area (Å²) in [7, 11) is 0. The number of nitrogens with zero attached hydrogens (tertiary/aromatic N) is 4. The van der Waals surface area contributed by atoms with Crippen molar-refractivity contribution in [1.29, 1.82) is 5.26 Å². The van der Waals surface area contributed by atoms with Crippen LogP contribution in [-0.2, 0) is 6.18 Å². The van der Waals surface area contributed by atoms with Crippen LogP contribution in [0.25, 0.3) is 0 Å². The standard InChI is InChI=1S/C13H11F3N4O/c1-8(2)20-7-10(6-18-20)21-12-9(5-17)3-4-11(19-12)13(14,15)16/h3-4,6-8H,1-2H3. The maximum absolute atomic E-state index is 12.6. The highest BCUT2D eigenvalue weighted by atomic mass is 19.4. The van der Waals surface area contributed by atoms with E-state index in [1.165, 1.54) is 12.4 Å². The number of rotatable bonds is 3. The zero-order valence-electron chi connectivity index (χ0n) is 11.2. The summed E-state index contributed by atoms with van der Waals surface area (Å²) in [5, 5.41) is 12.9. The highest BCUT2D eigenvalue weighted by Crippen LogP contribution is 2.31. The van der Waals surface area contributed by atoms with Gasteiger partial charge in [0, 0.05) is 6.04 Å². The molecule has 0 radical (unpaired) electrons. The lowest BCUT2D eigenvalue weighted by Gasteiger charge is -2.09. The van der Waals surface area contributed by atoms with Gasteiger partial charge in [0.05, 0.1) is 12.4 Å². The molecule has 0 spiro atoms. The fourth-order valence-electron chi connectivity index (χ4n) is 1.53. The van der Waals surface area contributed by atoms with E-state index in [0.717, 1.165) is 12.1 Å². The van der Waals surface area contributed by atoms with Gasteiger partial charge in [0.15, 0.2) is 5.75 Å². The van der Waals surface area contributed by atoms with Gasteiger partial charge in [0.2, 0.25) is 5.88 Å². The molecule has 0 aliphatic carbocycles. The molecule has 2 aromatic rings. The van der Waals surface area contributed by atoms with E-state index in [-0.39, 0.29) is 17.4 Å². The van der Waals surface area contributed by atoms with Gasteiger partial charge in [-0.05, 0) is 26.0 Å². The van der Waals surface area contributed by atoms with Crippen molar-refractivity contribution in [2.75, 3.05) is 0 Å². The average molecular weight is 296 g/mol. The molecule has 5 nitrogen and oxygen atoms in total. The predicted octanol–water partition coefficient (Wildman–Crippen LogP) is 3.54. The molecule has 2 aromatic heterocycles. The summed E-state index contributed by atoms with van der Waals surface area (Å²) in [5.74, 6) is -0.178. The van der Waals surface area contributed by atoms with E-state index in [1.807, 2.05) is 13.8 Å². The Bertz CT molecular complexity index is 685. The van der Waals surface area contributed by atoms with Crippen LogP contribution >= 0.6 is 0 Å². The highest BCUT2D eigenvalue weighted by Gasteiger charge is 2.33. The third-order valence-electron chi connectivity index (χ3n) is 2.59. The summed E-state index contributed by atoms with van der Waals surface area (Å²) >= 11 is 0. The summed E-state index contributed by atoms with van der Waals surface area (Å²) in [4.78, 5) is 3.36. The largest absolute Gasteiger partial charge is 0.434 e. The second-order valence-electron chi connectivity index (χ2n) is 4.51. The van der Waals surface area contributed by atoms with Crippen LogP contribution < -0.4 is 4.74 Å². The predicted molar refractivity (Wildman–Crippen MR) is 66.6 cm³/mol. The molecule has 0 saturated heterocycles. The van der Waals surface area contributed by atoms with Crippen LogP contribution in [0, 0.1) is 11.3 Å². The molecule has 0 unspecified atom stereocenters. The minimum Gasteiger partial charge on any atom is -0.434 e. The van der Waals surface area contributed by atoms with Crippen molar-refractivity contribution in [2.45, 2.75) is 26.1 Å². The minimum absolute atomic E-state index is 0.0762. The molecule has 0 amide bonds. The quantitative estimate of drug-likeness (QED) is 0.869. The van der Waals surface area contributed by atoms with Gasteiger partial charge in [0.25, 0.3) is 0 Å². The second kappa shape index (κ2) is 5.44. The van der Waals surface area contributed by atoms with Crippen LogP contribution in [-0.4, -0.2) is 14.8 Å². The maximum atomic E-state index is 12.6. The number of hydrogen-bond acceptors (Lipinski definition) is 4. The molecule has 0 saturated carbocycles. The maximum Gasteiger partial charge on any atom is 0.433 e. The van der Waals surface area contributed by atoms with Gasteiger partial charge in [-0.25, -0.2) is 4.98 Å². The SMILES string of the molecule is CC(C)n1cc(Oc2nc(C(F)(F)F)ccc2C#N)cn1. The molecule has 110 valence electrons. The van der Waals surface area contributed by atoms with E-state index in [9.17, 15) is 13.2 Å². The summed E-state index contributed by atoms with van der Waals surface area (Å²) in [6.07, 6.45) is -1.73. The zero-order chi connectivity index (χ0) is 15.6. The first kappa shape index (κ1) is 14.8. The highest BCUT2D eigenvalue weighted by molar-refractivity contribution is 5.41. The number of halogens is 3. The van der Waals surface area contributed by atoms with Gasteiger partial charge in [-0.2, -0.15) is 23.5 Å². The van der Waals surface area contributed by atoms with Gasteiger partial charge in [-0.3, -0.25) is 4.68 Å². The first-order valence-corrected chi connectivity index (χ1v) is 6.01. The van der Waals surface area contributed by atoms with Crippen molar-refractivity contribution in [3.05, 3.63) is 35.8 Å². The zero-order valence-corrected chi connectivity index (χ0v) is 11.2. The average Bonchev–Trinajstić information content (AvgIpc) is 2.86. The van der Waals surface area contributed by atoms with Crippen molar-refractivity contribution in [3.8, 4) is 17.7 Å². The van der Waals surface area contributed by atoms with Crippen LogP contribution in [0.1, 0.15) is 31.1 Å². The van der Waals surface area contributed by atoms with Crippen molar-refractivity contribution < 1.29 is 17.9 Å². The molecule has 0 aliphatic heterocycles. The van der Waals surface area contributed by atoms with Crippen molar-refractivity contribution >= 4 is 0 Å². The van der Waals surface area contributed by atoms with E-state index in [4.69, 9.17) is 10.00 Å². The summed E-state index contributed by atoms with van der Waals surface area (Å²) in [6.45, 7) is 3.78. The summed E-state index contributed by atoms with van der Waals surface area (Å²) in [5.41, 5.74) is -1.20. The van der Waals surface area contributed by atoms with E-state index >= 15 is 0 Å². The lowest BCUT2D eigenvalue weighted by atomic mass is 10.2. The Kier molecular flexibility index (Phi) is 3.84. The van der Waals surface area contributed by atoms with Gasteiger partial charge >= 0.3 is 6.18 Å². The Morgan fingerprint density at radius 3 is 2.57 bits per heavy atom. The molecule has 8 heteroatoms. The second-order valence-corrected chi connectivity index (χ2v) is 4.51. The molecule has 0 bridgehead atoms. The number of ether oxygens (including phenoxy) is 1. The number of alkyl halides is 3. The Labute approximate surface area is 118 Å². The van der Waals surface area contributed by atoms with E-state index < -0.39 is 17.8 Å². The molecule has 0 atom stereocenters. The molecule has 2 heterocycles. The molecule has 21 heavy (non-hydrogen) atoms. The normalized spacial score (nSPS) is 11.5.